The Balaban J connectivity index is 1.23. The number of aliphatic imine (C=N–C) groups is 2. The van der Waals surface area contributed by atoms with Gasteiger partial charge in [-0.1, -0.05) is 35.5 Å². The minimum Gasteiger partial charge on any atom is -0.467 e. The standard InChI is InChI=1S/C26H19ClN6O4S/c27-15-7-8-21-29-16(10-23(35)32(21)13-15)14-38-26-31-19-6-2-1-5-18(19)24-30-20(25(36)33(24)26)11-22(34)28-12-17-4-3-9-37-17/h1-10,13,20H,11-12,14H2,(H,28,34)/t20-/m0/s1. The third kappa shape index (κ3) is 4.61. The number of furan rings is 1. The Morgan fingerprint density at radius 2 is 2.00 bits per heavy atom. The summed E-state index contributed by atoms with van der Waals surface area (Å²) < 4.78 is 6.61. The van der Waals surface area contributed by atoms with Crippen molar-refractivity contribution in [1.82, 2.24) is 19.6 Å². The van der Waals surface area contributed by atoms with E-state index in [-0.39, 0.29) is 30.3 Å². The first-order valence-corrected chi connectivity index (χ1v) is 13.0. The SMILES string of the molecule is O=C(C[C@@H]1N=C2c3ccccc3N=C(SCc3cc(=O)n4cc(Cl)ccc4n3)N2C1=O)NCc1ccco1. The largest absolute Gasteiger partial charge is 0.467 e. The quantitative estimate of drug-likeness (QED) is 0.395. The van der Waals surface area contributed by atoms with Gasteiger partial charge < -0.3 is 9.73 Å². The molecular formula is C26H19ClN6O4S. The number of carbonyl (C=O) groups excluding carboxylic acids is 2. The molecule has 1 N–H and O–H groups in total. The van der Waals surface area contributed by atoms with Crippen LogP contribution in [0.5, 0.6) is 0 Å². The minimum absolute atomic E-state index is 0.106. The van der Waals surface area contributed by atoms with Crippen LogP contribution in [0.25, 0.3) is 5.65 Å². The molecule has 4 aromatic rings. The number of nitrogens with zero attached hydrogens (tertiary/aromatic N) is 5. The topological polar surface area (TPSA) is 122 Å². The van der Waals surface area contributed by atoms with Gasteiger partial charge >= 0.3 is 0 Å². The maximum Gasteiger partial charge on any atom is 0.259 e. The fourth-order valence-corrected chi connectivity index (χ4v) is 5.27. The van der Waals surface area contributed by atoms with Gasteiger partial charge in [0.15, 0.2) is 5.17 Å². The molecule has 1 atom stereocenters. The van der Waals surface area contributed by atoms with E-state index >= 15 is 0 Å². The first kappa shape index (κ1) is 24.1. The summed E-state index contributed by atoms with van der Waals surface area (Å²) in [6.07, 6.45) is 2.94. The van der Waals surface area contributed by atoms with Crippen molar-refractivity contribution in [3.05, 3.63) is 99.5 Å². The van der Waals surface area contributed by atoms with Crippen LogP contribution in [0.1, 0.15) is 23.4 Å². The molecule has 0 saturated carbocycles. The van der Waals surface area contributed by atoms with E-state index in [0.29, 0.717) is 50.1 Å². The maximum absolute atomic E-state index is 13.4. The summed E-state index contributed by atoms with van der Waals surface area (Å²) in [5, 5.41) is 3.60. The predicted molar refractivity (Wildman–Crippen MR) is 144 cm³/mol. The third-order valence-electron chi connectivity index (χ3n) is 5.99. The molecular weight excluding hydrogens is 528 g/mol. The van der Waals surface area contributed by atoms with Gasteiger partial charge in [-0.2, -0.15) is 0 Å². The zero-order valence-electron chi connectivity index (χ0n) is 19.7. The van der Waals surface area contributed by atoms with Crippen LogP contribution in [0.4, 0.5) is 5.69 Å². The van der Waals surface area contributed by atoms with Crippen LogP contribution in [0.2, 0.25) is 5.02 Å². The number of nitrogens with one attached hydrogen (secondary N) is 1. The minimum atomic E-state index is -0.883. The van der Waals surface area contributed by atoms with E-state index in [9.17, 15) is 14.4 Å². The predicted octanol–water partition coefficient (Wildman–Crippen LogP) is 3.54. The van der Waals surface area contributed by atoms with Crippen molar-refractivity contribution < 1.29 is 14.0 Å². The Kier molecular flexibility index (Phi) is 6.30. The van der Waals surface area contributed by atoms with E-state index in [4.69, 9.17) is 21.0 Å². The lowest BCUT2D eigenvalue weighted by Crippen LogP contribution is -2.42. The Bertz CT molecular complexity index is 1700. The van der Waals surface area contributed by atoms with Gasteiger partial charge in [0.1, 0.15) is 23.3 Å². The number of amides is 2. The molecule has 12 heteroatoms. The summed E-state index contributed by atoms with van der Waals surface area (Å²) >= 11 is 7.27. The van der Waals surface area contributed by atoms with Crippen molar-refractivity contribution >= 4 is 57.5 Å². The highest BCUT2D eigenvalue weighted by Gasteiger charge is 2.42. The number of thioether (sulfide) groups is 1. The number of aromatic nitrogens is 2. The number of benzene rings is 1. The van der Waals surface area contributed by atoms with Gasteiger partial charge in [-0.15, -0.1) is 0 Å². The lowest BCUT2D eigenvalue weighted by Gasteiger charge is -2.25. The highest BCUT2D eigenvalue weighted by Crippen LogP contribution is 2.34. The van der Waals surface area contributed by atoms with Crippen LogP contribution >= 0.6 is 23.4 Å². The molecule has 38 heavy (non-hydrogen) atoms. The van der Waals surface area contributed by atoms with Gasteiger partial charge in [0.25, 0.3) is 11.5 Å². The smallest absolute Gasteiger partial charge is 0.259 e. The number of hydrogen-bond donors (Lipinski definition) is 1. The molecule has 190 valence electrons. The number of halogens is 1. The second-order valence-corrected chi connectivity index (χ2v) is 9.94. The molecule has 2 aliphatic rings. The number of carbonyl (C=O) groups is 2. The van der Waals surface area contributed by atoms with E-state index in [0.717, 1.165) is 0 Å². The van der Waals surface area contributed by atoms with Crippen molar-refractivity contribution in [3.8, 4) is 0 Å². The molecule has 1 aromatic carbocycles. The van der Waals surface area contributed by atoms with Crippen LogP contribution in [0.15, 0.2) is 86.3 Å². The molecule has 0 fully saturated rings. The van der Waals surface area contributed by atoms with Crippen LogP contribution in [-0.4, -0.2) is 43.1 Å². The Morgan fingerprint density at radius 3 is 2.84 bits per heavy atom. The van der Waals surface area contributed by atoms with Gasteiger partial charge in [-0.25, -0.2) is 14.9 Å². The highest BCUT2D eigenvalue weighted by atomic mass is 35.5. The number of para-hydroxylation sites is 1. The molecule has 0 bridgehead atoms. The van der Waals surface area contributed by atoms with Crippen molar-refractivity contribution in [2.75, 3.05) is 0 Å². The van der Waals surface area contributed by atoms with Crippen LogP contribution in [0.3, 0.4) is 0 Å². The summed E-state index contributed by atoms with van der Waals surface area (Å²) in [7, 11) is 0. The van der Waals surface area contributed by atoms with Crippen molar-refractivity contribution in [3.63, 3.8) is 0 Å². The molecule has 0 spiro atoms. The Morgan fingerprint density at radius 1 is 1.13 bits per heavy atom. The van der Waals surface area contributed by atoms with Crippen molar-refractivity contribution in [1.29, 1.82) is 0 Å². The van der Waals surface area contributed by atoms with Crippen LogP contribution in [0, 0.1) is 0 Å². The molecule has 3 aromatic heterocycles. The van der Waals surface area contributed by atoms with Gasteiger partial charge in [0, 0.05) is 23.6 Å². The summed E-state index contributed by atoms with van der Waals surface area (Å²) in [6, 6.07) is 14.8. The monoisotopic (exact) mass is 546 g/mol. The number of amidine groups is 2. The molecule has 0 radical (unpaired) electrons. The first-order chi connectivity index (χ1) is 18.5. The average Bonchev–Trinajstić information content (AvgIpc) is 3.55. The lowest BCUT2D eigenvalue weighted by atomic mass is 10.1. The fourth-order valence-electron chi connectivity index (χ4n) is 4.22. The molecule has 0 unspecified atom stereocenters. The van der Waals surface area contributed by atoms with Crippen LogP contribution < -0.4 is 10.9 Å². The maximum atomic E-state index is 13.4. The lowest BCUT2D eigenvalue weighted by molar-refractivity contribution is -0.128. The van der Waals surface area contributed by atoms with E-state index in [1.54, 1.807) is 24.3 Å². The summed E-state index contributed by atoms with van der Waals surface area (Å²) in [5.74, 6) is 0.706. The second-order valence-electron chi connectivity index (χ2n) is 8.56. The van der Waals surface area contributed by atoms with Gasteiger partial charge in [-0.3, -0.25) is 23.8 Å². The molecule has 2 amide bonds. The normalized spacial score (nSPS) is 16.2. The van der Waals surface area contributed by atoms with E-state index in [2.05, 4.69) is 15.3 Å². The molecule has 6 rings (SSSR count). The van der Waals surface area contributed by atoms with Crippen molar-refractivity contribution in [2.45, 2.75) is 24.8 Å². The zero-order valence-corrected chi connectivity index (χ0v) is 21.3. The fraction of sp³-hybridized carbons (Fsp3) is 0.154. The number of hydrogen-bond acceptors (Lipinski definition) is 8. The zero-order chi connectivity index (χ0) is 26.2. The molecule has 5 heterocycles. The number of fused-ring (bicyclic) bond motifs is 4. The van der Waals surface area contributed by atoms with Crippen molar-refractivity contribution in [2.24, 2.45) is 9.98 Å². The highest BCUT2D eigenvalue weighted by molar-refractivity contribution is 8.13. The molecule has 0 saturated heterocycles. The summed E-state index contributed by atoms with van der Waals surface area (Å²) in [6.45, 7) is 0.226. The molecule has 2 aliphatic heterocycles. The molecule has 0 aliphatic carbocycles. The third-order valence-corrected chi connectivity index (χ3v) is 7.19. The van der Waals surface area contributed by atoms with Gasteiger partial charge in [0.05, 0.1) is 35.6 Å². The van der Waals surface area contributed by atoms with E-state index < -0.39 is 6.04 Å². The van der Waals surface area contributed by atoms with E-state index in [1.807, 2.05) is 24.3 Å². The van der Waals surface area contributed by atoms with Crippen LogP contribution in [-0.2, 0) is 21.9 Å². The first-order valence-electron chi connectivity index (χ1n) is 11.7. The second kappa shape index (κ2) is 9.92. The average molecular weight is 547 g/mol. The van der Waals surface area contributed by atoms with Gasteiger partial charge in [0.2, 0.25) is 5.91 Å². The molecule has 10 nitrogen and oxygen atoms in total. The summed E-state index contributed by atoms with van der Waals surface area (Å²) in [5.41, 5.74) is 2.12. The Labute approximate surface area is 225 Å². The van der Waals surface area contributed by atoms with Gasteiger partial charge in [-0.05, 0) is 36.4 Å². The number of pyridine rings is 1. The number of rotatable bonds is 6. The summed E-state index contributed by atoms with van der Waals surface area (Å²) in [4.78, 5) is 53.9. The van der Waals surface area contributed by atoms with E-state index in [1.165, 1.54) is 39.6 Å². The Hall–Kier alpha value is -4.22.